The van der Waals surface area contributed by atoms with Crippen LogP contribution in [0.4, 0.5) is 10.1 Å². The van der Waals surface area contributed by atoms with Gasteiger partial charge in [-0.1, -0.05) is 23.7 Å². The van der Waals surface area contributed by atoms with Crippen LogP contribution in [0.2, 0.25) is 5.02 Å². The van der Waals surface area contributed by atoms with Gasteiger partial charge in [-0.15, -0.1) is 0 Å². The van der Waals surface area contributed by atoms with Crippen molar-refractivity contribution in [2.75, 3.05) is 32.6 Å². The Morgan fingerprint density at radius 1 is 1.14 bits per heavy atom. The molecular formula is C26H29ClFN3O4. The Kier molecular flexibility index (Phi) is 7.62. The van der Waals surface area contributed by atoms with Crippen LogP contribution in [0.5, 0.6) is 11.5 Å². The van der Waals surface area contributed by atoms with Crippen LogP contribution < -0.4 is 14.8 Å². The van der Waals surface area contributed by atoms with Gasteiger partial charge in [0.05, 0.1) is 19.9 Å². The van der Waals surface area contributed by atoms with Gasteiger partial charge in [0.25, 0.3) is 0 Å². The minimum absolute atomic E-state index is 0.0828. The normalized spacial score (nSPS) is 19.7. The number of benzene rings is 2. The van der Waals surface area contributed by atoms with E-state index in [1.807, 2.05) is 4.90 Å². The Balaban J connectivity index is 1.51. The number of methoxy groups -OCH3 is 2. The maximum Gasteiger partial charge on any atom is 0.247 e. The molecule has 1 N–H and O–H groups in total. The number of anilines is 1. The number of carbonyl (C=O) groups is 2. The van der Waals surface area contributed by atoms with Gasteiger partial charge in [0.1, 0.15) is 16.6 Å². The lowest BCUT2D eigenvalue weighted by molar-refractivity contribution is -0.131. The number of rotatable bonds is 7. The van der Waals surface area contributed by atoms with E-state index < -0.39 is 0 Å². The highest BCUT2D eigenvalue weighted by Crippen LogP contribution is 2.43. The first-order chi connectivity index (χ1) is 16.8. The highest BCUT2D eigenvalue weighted by atomic mass is 35.5. The summed E-state index contributed by atoms with van der Waals surface area (Å²) in [6.45, 7) is 3.66. The van der Waals surface area contributed by atoms with E-state index >= 15 is 0 Å². The number of likely N-dealkylation sites (tertiary alicyclic amines) is 1. The fourth-order valence-corrected chi connectivity index (χ4v) is 5.28. The summed E-state index contributed by atoms with van der Waals surface area (Å²) in [5, 5.41) is 2.97. The van der Waals surface area contributed by atoms with Gasteiger partial charge in [-0.2, -0.15) is 0 Å². The minimum atomic E-state index is -0.291. The summed E-state index contributed by atoms with van der Waals surface area (Å²) in [5.41, 5.74) is 1.98. The first kappa shape index (κ1) is 25.0. The van der Waals surface area contributed by atoms with Crippen LogP contribution in [0.1, 0.15) is 30.9 Å². The molecule has 0 aliphatic carbocycles. The molecule has 2 aromatic rings. The van der Waals surface area contributed by atoms with Crippen molar-refractivity contribution in [3.63, 3.8) is 0 Å². The topological polar surface area (TPSA) is 71.1 Å². The second-order valence-electron chi connectivity index (χ2n) is 8.86. The summed E-state index contributed by atoms with van der Waals surface area (Å²) < 4.78 is 24.0. The summed E-state index contributed by atoms with van der Waals surface area (Å²) in [5.74, 6) is 0.0250. The Labute approximate surface area is 209 Å². The molecule has 0 saturated carbocycles. The maximum absolute atomic E-state index is 13.2. The molecule has 4 rings (SSSR count). The number of amides is 2. The smallest absolute Gasteiger partial charge is 0.247 e. The molecular weight excluding hydrogens is 473 g/mol. The molecule has 2 aliphatic rings. The molecule has 186 valence electrons. The Bertz CT molecular complexity index is 1120. The lowest BCUT2D eigenvalue weighted by Gasteiger charge is -2.40. The van der Waals surface area contributed by atoms with Crippen LogP contribution in [-0.2, 0) is 16.1 Å². The van der Waals surface area contributed by atoms with Crippen LogP contribution in [0.25, 0.3) is 6.08 Å². The average molecular weight is 502 g/mol. The minimum Gasteiger partial charge on any atom is -0.495 e. The van der Waals surface area contributed by atoms with Crippen molar-refractivity contribution in [1.82, 2.24) is 9.80 Å². The summed E-state index contributed by atoms with van der Waals surface area (Å²) in [6, 6.07) is 8.47. The number of fused-ring (bicyclic) bond motifs is 2. The number of ether oxygens (including phenoxy) is 2. The predicted molar refractivity (Wildman–Crippen MR) is 133 cm³/mol. The molecule has 2 unspecified atom stereocenters. The largest absolute Gasteiger partial charge is 0.495 e. The van der Waals surface area contributed by atoms with Crippen molar-refractivity contribution >= 4 is 35.2 Å². The van der Waals surface area contributed by atoms with Crippen molar-refractivity contribution in [2.24, 2.45) is 0 Å². The van der Waals surface area contributed by atoms with Crippen molar-refractivity contribution in [3.05, 3.63) is 58.4 Å². The van der Waals surface area contributed by atoms with Crippen molar-refractivity contribution in [1.29, 1.82) is 0 Å². The Hall–Kier alpha value is -3.10. The van der Waals surface area contributed by atoms with Gasteiger partial charge < -0.3 is 19.7 Å². The molecule has 9 heteroatoms. The molecule has 2 amide bonds. The van der Waals surface area contributed by atoms with E-state index in [2.05, 4.69) is 10.2 Å². The molecule has 2 aliphatic heterocycles. The zero-order valence-electron chi connectivity index (χ0n) is 20.0. The molecule has 2 fully saturated rings. The summed E-state index contributed by atoms with van der Waals surface area (Å²) >= 11 is 6.36. The van der Waals surface area contributed by atoms with Gasteiger partial charge in [0.15, 0.2) is 5.75 Å². The van der Waals surface area contributed by atoms with Gasteiger partial charge in [0, 0.05) is 50.3 Å². The van der Waals surface area contributed by atoms with E-state index in [0.29, 0.717) is 17.0 Å². The first-order valence-electron chi connectivity index (χ1n) is 11.5. The van der Waals surface area contributed by atoms with Crippen LogP contribution in [0.15, 0.2) is 36.4 Å². The zero-order valence-corrected chi connectivity index (χ0v) is 20.8. The van der Waals surface area contributed by atoms with Gasteiger partial charge in [-0.05, 0) is 42.7 Å². The molecule has 7 nitrogen and oxygen atoms in total. The monoisotopic (exact) mass is 501 g/mol. The first-order valence-corrected chi connectivity index (χ1v) is 11.9. The molecule has 2 atom stereocenters. The number of halogens is 2. The van der Waals surface area contributed by atoms with E-state index in [9.17, 15) is 14.0 Å². The van der Waals surface area contributed by atoms with E-state index in [-0.39, 0.29) is 40.5 Å². The third-order valence-electron chi connectivity index (χ3n) is 6.48. The van der Waals surface area contributed by atoms with Crippen LogP contribution in [0, 0.1) is 5.82 Å². The highest BCUT2D eigenvalue weighted by Gasteiger charge is 2.41. The van der Waals surface area contributed by atoms with Gasteiger partial charge in [-0.3, -0.25) is 14.5 Å². The second-order valence-corrected chi connectivity index (χ2v) is 9.23. The lowest BCUT2D eigenvalue weighted by Crippen LogP contribution is -2.55. The summed E-state index contributed by atoms with van der Waals surface area (Å²) in [7, 11) is 2.94. The standard InChI is InChI=1S/C26H29ClFN3O4/c1-16(32)29-25-18(12-22(34-2)24(27)26(25)35-3)6-11-23(33)31-20-9-10-21(31)15-30(14-20)13-17-4-7-19(28)8-5-17/h4-8,11-12,20-21H,9-10,13-15H2,1-3H3,(H,29,32). The molecule has 0 aromatic heterocycles. The maximum atomic E-state index is 13.2. The Morgan fingerprint density at radius 3 is 2.37 bits per heavy atom. The molecule has 0 radical (unpaired) electrons. The van der Waals surface area contributed by atoms with Crippen LogP contribution >= 0.6 is 11.6 Å². The molecule has 2 saturated heterocycles. The van der Waals surface area contributed by atoms with E-state index in [1.54, 1.807) is 24.3 Å². The second kappa shape index (κ2) is 10.7. The number of hydrogen-bond donors (Lipinski definition) is 1. The number of nitrogens with one attached hydrogen (secondary N) is 1. The fraction of sp³-hybridized carbons (Fsp3) is 0.385. The Morgan fingerprint density at radius 2 is 1.80 bits per heavy atom. The predicted octanol–water partition coefficient (Wildman–Crippen LogP) is 4.34. The third kappa shape index (κ3) is 5.44. The van der Waals surface area contributed by atoms with Crippen LogP contribution in [0.3, 0.4) is 0 Å². The van der Waals surface area contributed by atoms with Crippen molar-refractivity contribution in [3.8, 4) is 11.5 Å². The quantitative estimate of drug-likeness (QED) is 0.571. The molecule has 2 heterocycles. The number of carbonyl (C=O) groups excluding carboxylic acids is 2. The van der Waals surface area contributed by atoms with Gasteiger partial charge in [0.2, 0.25) is 11.8 Å². The summed E-state index contributed by atoms with van der Waals surface area (Å²) in [4.78, 5) is 29.3. The van der Waals surface area contributed by atoms with Crippen molar-refractivity contribution < 1.29 is 23.5 Å². The average Bonchev–Trinajstić information content (AvgIpc) is 3.10. The van der Waals surface area contributed by atoms with Gasteiger partial charge >= 0.3 is 0 Å². The van der Waals surface area contributed by atoms with Gasteiger partial charge in [-0.25, -0.2) is 4.39 Å². The SMILES string of the molecule is COc1cc(C=CC(=O)N2C3CCC2CN(Cc2ccc(F)cc2)C3)c(NC(C)=O)c(OC)c1Cl. The highest BCUT2D eigenvalue weighted by molar-refractivity contribution is 6.34. The molecule has 2 bridgehead atoms. The lowest BCUT2D eigenvalue weighted by atomic mass is 10.1. The number of hydrogen-bond acceptors (Lipinski definition) is 5. The number of nitrogens with zero attached hydrogens (tertiary/aromatic N) is 2. The molecule has 0 spiro atoms. The van der Waals surface area contributed by atoms with E-state index in [0.717, 1.165) is 38.0 Å². The van der Waals surface area contributed by atoms with E-state index in [4.69, 9.17) is 21.1 Å². The van der Waals surface area contributed by atoms with E-state index in [1.165, 1.54) is 39.4 Å². The summed E-state index contributed by atoms with van der Waals surface area (Å²) in [6.07, 6.45) is 5.07. The molecule has 35 heavy (non-hydrogen) atoms. The van der Waals surface area contributed by atoms with Crippen molar-refractivity contribution in [2.45, 2.75) is 38.4 Å². The third-order valence-corrected chi connectivity index (χ3v) is 6.84. The zero-order chi connectivity index (χ0) is 25.1. The number of piperazine rings is 1. The molecule has 2 aromatic carbocycles. The van der Waals surface area contributed by atoms with Crippen LogP contribution in [-0.4, -0.2) is 61.0 Å². The fourth-order valence-electron chi connectivity index (χ4n) is 4.98.